The molecule has 1 saturated heterocycles. The number of aryl methyl sites for hydroxylation is 1. The van der Waals surface area contributed by atoms with Crippen molar-refractivity contribution in [3.8, 4) is 0 Å². The maximum Gasteiger partial charge on any atom is 0.275 e. The van der Waals surface area contributed by atoms with Crippen LogP contribution in [0.3, 0.4) is 0 Å². The first kappa shape index (κ1) is 17.7. The molecule has 0 N–H and O–H groups in total. The van der Waals surface area contributed by atoms with Crippen molar-refractivity contribution in [3.05, 3.63) is 51.9 Å². The lowest BCUT2D eigenvalue weighted by atomic mass is 10.2. The summed E-state index contributed by atoms with van der Waals surface area (Å²) in [5.74, 6) is -0.0722. The third kappa shape index (κ3) is 3.71. The van der Waals surface area contributed by atoms with Gasteiger partial charge in [0.25, 0.3) is 5.56 Å². The minimum atomic E-state index is -0.226. The van der Waals surface area contributed by atoms with E-state index in [0.717, 1.165) is 35.7 Å². The van der Waals surface area contributed by atoms with Gasteiger partial charge >= 0.3 is 0 Å². The van der Waals surface area contributed by atoms with Crippen LogP contribution in [-0.4, -0.2) is 51.8 Å². The molecule has 2 aromatic heterocycles. The van der Waals surface area contributed by atoms with E-state index in [9.17, 15) is 9.59 Å². The summed E-state index contributed by atoms with van der Waals surface area (Å²) in [5, 5.41) is 8.59. The summed E-state index contributed by atoms with van der Waals surface area (Å²) < 4.78 is 1.26. The number of amides is 1. The first-order chi connectivity index (χ1) is 13.1. The summed E-state index contributed by atoms with van der Waals surface area (Å²) in [4.78, 5) is 33.9. The molecule has 0 unspecified atom stereocenters. The minimum absolute atomic E-state index is 0.0278. The van der Waals surface area contributed by atoms with Crippen LogP contribution >= 0.6 is 11.3 Å². The van der Waals surface area contributed by atoms with Gasteiger partial charge in [0.15, 0.2) is 5.13 Å². The molecule has 0 aliphatic carbocycles. The molecule has 3 heterocycles. The number of carbonyl (C=O) groups excluding carboxylic acids is 1. The van der Waals surface area contributed by atoms with Crippen molar-refractivity contribution in [1.29, 1.82) is 0 Å². The molecule has 8 heteroatoms. The molecule has 0 saturated carbocycles. The predicted octanol–water partition coefficient (Wildman–Crippen LogP) is 1.90. The predicted molar refractivity (Wildman–Crippen MR) is 106 cm³/mol. The quantitative estimate of drug-likeness (QED) is 0.691. The van der Waals surface area contributed by atoms with Crippen molar-refractivity contribution < 1.29 is 4.79 Å². The fourth-order valence-electron chi connectivity index (χ4n) is 3.31. The second kappa shape index (κ2) is 7.48. The summed E-state index contributed by atoms with van der Waals surface area (Å²) in [6.07, 6.45) is 2.52. The normalized spacial score (nSPS) is 15.1. The van der Waals surface area contributed by atoms with Gasteiger partial charge in [-0.2, -0.15) is 5.10 Å². The van der Waals surface area contributed by atoms with Gasteiger partial charge in [0.2, 0.25) is 5.91 Å². The zero-order valence-electron chi connectivity index (χ0n) is 15.2. The number of carbonyl (C=O) groups is 1. The molecule has 0 spiro atoms. The van der Waals surface area contributed by atoms with Gasteiger partial charge in [-0.25, -0.2) is 9.67 Å². The first-order valence-corrected chi connectivity index (χ1v) is 9.89. The molecule has 1 aliphatic rings. The van der Waals surface area contributed by atoms with Crippen molar-refractivity contribution in [2.75, 3.05) is 31.1 Å². The van der Waals surface area contributed by atoms with Crippen LogP contribution in [0.25, 0.3) is 10.8 Å². The lowest BCUT2D eigenvalue weighted by Gasteiger charge is -2.22. The van der Waals surface area contributed by atoms with E-state index in [4.69, 9.17) is 0 Å². The molecular weight excluding hydrogens is 362 g/mol. The molecule has 140 valence electrons. The Labute approximate surface area is 160 Å². The van der Waals surface area contributed by atoms with Gasteiger partial charge in [0, 0.05) is 36.9 Å². The Hall–Kier alpha value is -2.74. The number of aromatic nitrogens is 3. The average Bonchev–Trinajstić information content (AvgIpc) is 2.96. The number of benzene rings is 1. The van der Waals surface area contributed by atoms with Gasteiger partial charge in [0.05, 0.1) is 17.3 Å². The summed E-state index contributed by atoms with van der Waals surface area (Å²) >= 11 is 1.64. The van der Waals surface area contributed by atoms with Crippen LogP contribution in [0.5, 0.6) is 0 Å². The van der Waals surface area contributed by atoms with Gasteiger partial charge in [-0.15, -0.1) is 11.3 Å². The van der Waals surface area contributed by atoms with Crippen LogP contribution in [0.1, 0.15) is 12.1 Å². The molecular formula is C19H21N5O2S. The monoisotopic (exact) mass is 383 g/mol. The Morgan fingerprint density at radius 2 is 2.04 bits per heavy atom. The van der Waals surface area contributed by atoms with E-state index in [-0.39, 0.29) is 18.0 Å². The lowest BCUT2D eigenvalue weighted by Crippen LogP contribution is -2.39. The van der Waals surface area contributed by atoms with Gasteiger partial charge in [0.1, 0.15) is 6.54 Å². The Balaban J connectivity index is 1.46. The maximum absolute atomic E-state index is 12.8. The van der Waals surface area contributed by atoms with Crippen molar-refractivity contribution >= 4 is 33.1 Å². The SMILES string of the molecule is Cc1csc(N2CCCN(C(=O)Cn3ncc4ccccc4c3=O)CC2)n1. The van der Waals surface area contributed by atoms with E-state index in [0.29, 0.717) is 18.5 Å². The zero-order valence-corrected chi connectivity index (χ0v) is 16.0. The van der Waals surface area contributed by atoms with E-state index in [1.165, 1.54) is 4.68 Å². The molecule has 0 bridgehead atoms. The summed E-state index contributed by atoms with van der Waals surface area (Å²) in [6, 6.07) is 7.30. The molecule has 0 atom stereocenters. The highest BCUT2D eigenvalue weighted by atomic mass is 32.1. The average molecular weight is 383 g/mol. The van der Waals surface area contributed by atoms with E-state index >= 15 is 0 Å². The highest BCUT2D eigenvalue weighted by Crippen LogP contribution is 2.21. The molecule has 4 rings (SSSR count). The Morgan fingerprint density at radius 1 is 1.19 bits per heavy atom. The third-order valence-corrected chi connectivity index (χ3v) is 5.79. The summed E-state index contributed by atoms with van der Waals surface area (Å²) in [6.45, 7) is 4.90. The molecule has 1 aliphatic heterocycles. The molecule has 1 aromatic carbocycles. The molecule has 7 nitrogen and oxygen atoms in total. The van der Waals surface area contributed by atoms with Crippen molar-refractivity contribution in [2.45, 2.75) is 19.9 Å². The summed E-state index contributed by atoms with van der Waals surface area (Å²) in [5.41, 5.74) is 0.796. The number of anilines is 1. The standard InChI is InChI=1S/C19H21N5O2S/c1-14-13-27-19(21-14)23-8-4-7-22(9-10-23)17(25)12-24-18(26)16-6-3-2-5-15(16)11-20-24/h2-3,5-6,11,13H,4,7-10,12H2,1H3. The van der Waals surface area contributed by atoms with E-state index < -0.39 is 0 Å². The van der Waals surface area contributed by atoms with Crippen molar-refractivity contribution in [1.82, 2.24) is 19.7 Å². The van der Waals surface area contributed by atoms with Crippen LogP contribution in [0.15, 0.2) is 40.6 Å². The smallest absolute Gasteiger partial charge is 0.275 e. The van der Waals surface area contributed by atoms with Crippen LogP contribution < -0.4 is 10.5 Å². The fraction of sp³-hybridized carbons (Fsp3) is 0.368. The van der Waals surface area contributed by atoms with Crippen molar-refractivity contribution in [2.24, 2.45) is 0 Å². The molecule has 1 fully saturated rings. The third-order valence-electron chi connectivity index (χ3n) is 4.77. The van der Waals surface area contributed by atoms with Gasteiger partial charge in [-0.1, -0.05) is 18.2 Å². The Kier molecular flexibility index (Phi) is 4.89. The topological polar surface area (TPSA) is 71.3 Å². The van der Waals surface area contributed by atoms with E-state index in [1.807, 2.05) is 35.4 Å². The van der Waals surface area contributed by atoms with Gasteiger partial charge < -0.3 is 9.80 Å². The van der Waals surface area contributed by atoms with Crippen LogP contribution in [0.4, 0.5) is 5.13 Å². The molecule has 27 heavy (non-hydrogen) atoms. The Morgan fingerprint density at radius 3 is 2.85 bits per heavy atom. The zero-order chi connectivity index (χ0) is 18.8. The first-order valence-electron chi connectivity index (χ1n) is 9.01. The second-order valence-corrected chi connectivity index (χ2v) is 7.52. The maximum atomic E-state index is 12.8. The Bertz CT molecular complexity index is 1030. The van der Waals surface area contributed by atoms with Crippen LogP contribution in [0, 0.1) is 6.92 Å². The highest BCUT2D eigenvalue weighted by Gasteiger charge is 2.21. The van der Waals surface area contributed by atoms with Crippen molar-refractivity contribution in [3.63, 3.8) is 0 Å². The largest absolute Gasteiger partial charge is 0.346 e. The number of fused-ring (bicyclic) bond motifs is 1. The van der Waals surface area contributed by atoms with Gasteiger partial charge in [-0.3, -0.25) is 9.59 Å². The number of hydrogen-bond donors (Lipinski definition) is 0. The molecule has 3 aromatic rings. The summed E-state index contributed by atoms with van der Waals surface area (Å²) in [7, 11) is 0. The number of thiazole rings is 1. The van der Waals surface area contributed by atoms with Crippen LogP contribution in [-0.2, 0) is 11.3 Å². The minimum Gasteiger partial charge on any atom is -0.346 e. The lowest BCUT2D eigenvalue weighted by molar-refractivity contribution is -0.131. The second-order valence-electron chi connectivity index (χ2n) is 6.69. The molecule has 1 amide bonds. The number of hydrogen-bond acceptors (Lipinski definition) is 6. The number of nitrogens with zero attached hydrogens (tertiary/aromatic N) is 5. The molecule has 0 radical (unpaired) electrons. The fourth-order valence-corrected chi connectivity index (χ4v) is 4.17. The van der Waals surface area contributed by atoms with E-state index in [1.54, 1.807) is 23.6 Å². The van der Waals surface area contributed by atoms with Gasteiger partial charge in [-0.05, 0) is 19.4 Å². The highest BCUT2D eigenvalue weighted by molar-refractivity contribution is 7.13. The van der Waals surface area contributed by atoms with Crippen LogP contribution in [0.2, 0.25) is 0 Å². The van der Waals surface area contributed by atoms with E-state index in [2.05, 4.69) is 15.0 Å². The number of rotatable bonds is 3.